The lowest BCUT2D eigenvalue weighted by Gasteiger charge is -2.26. The third-order valence-electron chi connectivity index (χ3n) is 5.84. The highest BCUT2D eigenvalue weighted by Gasteiger charge is 2.52. The van der Waals surface area contributed by atoms with Crippen molar-refractivity contribution >= 4 is 28.7 Å². The van der Waals surface area contributed by atoms with Gasteiger partial charge >= 0.3 is 12.0 Å². The predicted octanol–water partition coefficient (Wildman–Crippen LogP) is 4.13. The van der Waals surface area contributed by atoms with Crippen molar-refractivity contribution in [3.05, 3.63) is 48.0 Å². The second-order valence-electron chi connectivity index (χ2n) is 8.11. The van der Waals surface area contributed by atoms with Crippen molar-refractivity contribution < 1.29 is 19.5 Å². The van der Waals surface area contributed by atoms with E-state index in [0.717, 1.165) is 21.2 Å². The van der Waals surface area contributed by atoms with Crippen LogP contribution in [0.4, 0.5) is 4.79 Å². The summed E-state index contributed by atoms with van der Waals surface area (Å²) >= 11 is 0. The lowest BCUT2D eigenvalue weighted by Crippen LogP contribution is -2.49. The maximum Gasteiger partial charge on any atom is 0.328 e. The number of nitrogens with zero attached hydrogens (tertiary/aromatic N) is 2. The lowest BCUT2D eigenvalue weighted by atomic mass is 9.96. The number of fused-ring (bicyclic) bond motifs is 1. The molecule has 1 aliphatic rings. The van der Waals surface area contributed by atoms with Crippen LogP contribution in [0.25, 0.3) is 10.8 Å². The number of hydrogen-bond donors (Lipinski definition) is 1. The van der Waals surface area contributed by atoms with Crippen LogP contribution in [0.2, 0.25) is 0 Å². The van der Waals surface area contributed by atoms with Crippen molar-refractivity contribution in [3.8, 4) is 0 Å². The van der Waals surface area contributed by atoms with Crippen LogP contribution in [-0.2, 0) is 16.1 Å². The smallest absolute Gasteiger partial charge is 0.328 e. The molecular weight excluding hydrogens is 368 g/mol. The van der Waals surface area contributed by atoms with Gasteiger partial charge in [0, 0.05) is 6.54 Å². The summed E-state index contributed by atoms with van der Waals surface area (Å²) in [5.41, 5.74) is 0.941. The number of imide groups is 1. The highest BCUT2D eigenvalue weighted by Crippen LogP contribution is 2.32. The van der Waals surface area contributed by atoms with E-state index in [9.17, 15) is 19.5 Å². The first kappa shape index (κ1) is 20.8. The zero-order valence-corrected chi connectivity index (χ0v) is 17.3. The van der Waals surface area contributed by atoms with Crippen molar-refractivity contribution in [2.24, 2.45) is 11.8 Å². The van der Waals surface area contributed by atoms with Gasteiger partial charge < -0.3 is 10.0 Å². The first-order chi connectivity index (χ1) is 13.8. The fourth-order valence-electron chi connectivity index (χ4n) is 4.13. The van der Waals surface area contributed by atoms with E-state index in [1.165, 1.54) is 0 Å². The molecule has 0 aliphatic carbocycles. The first-order valence-electron chi connectivity index (χ1n) is 10.1. The third-order valence-corrected chi connectivity index (χ3v) is 5.84. The molecule has 1 fully saturated rings. The Bertz CT molecular complexity index is 934. The average molecular weight is 396 g/mol. The Labute approximate surface area is 171 Å². The Morgan fingerprint density at radius 3 is 2.34 bits per heavy atom. The van der Waals surface area contributed by atoms with Crippen LogP contribution < -0.4 is 0 Å². The van der Waals surface area contributed by atoms with E-state index in [1.54, 1.807) is 18.7 Å². The maximum atomic E-state index is 13.3. The molecule has 154 valence electrons. The zero-order chi connectivity index (χ0) is 21.3. The number of urea groups is 1. The fourth-order valence-corrected chi connectivity index (χ4v) is 4.13. The van der Waals surface area contributed by atoms with E-state index in [1.807, 2.05) is 56.3 Å². The quantitative estimate of drug-likeness (QED) is 0.714. The second kappa shape index (κ2) is 8.23. The molecule has 3 rings (SSSR count). The molecule has 6 heteroatoms. The Morgan fingerprint density at radius 1 is 1.07 bits per heavy atom. The standard InChI is InChI=1S/C23H28N2O4/c1-5-15(4)20-21(26)25(19(14(2)3)22(27)28)23(29)24(20)13-17-11-8-10-16-9-6-7-12-18(16)17/h6-12,14-15,19-20H,5,13H2,1-4H3,(H,27,28). The van der Waals surface area contributed by atoms with Crippen LogP contribution in [0.5, 0.6) is 0 Å². The van der Waals surface area contributed by atoms with Gasteiger partial charge in [0.25, 0.3) is 5.91 Å². The van der Waals surface area contributed by atoms with Crippen molar-refractivity contribution in [2.75, 3.05) is 0 Å². The molecule has 6 nitrogen and oxygen atoms in total. The third kappa shape index (κ3) is 3.71. The summed E-state index contributed by atoms with van der Waals surface area (Å²) < 4.78 is 0. The summed E-state index contributed by atoms with van der Waals surface area (Å²) in [5, 5.41) is 11.8. The van der Waals surface area contributed by atoms with Gasteiger partial charge in [-0.15, -0.1) is 0 Å². The van der Waals surface area contributed by atoms with Crippen molar-refractivity contribution in [2.45, 2.75) is 52.7 Å². The molecule has 29 heavy (non-hydrogen) atoms. The van der Waals surface area contributed by atoms with Crippen molar-refractivity contribution in [3.63, 3.8) is 0 Å². The van der Waals surface area contributed by atoms with E-state index in [2.05, 4.69) is 0 Å². The Balaban J connectivity index is 2.04. The molecule has 1 heterocycles. The number of hydrogen-bond acceptors (Lipinski definition) is 3. The van der Waals surface area contributed by atoms with Crippen LogP contribution in [0, 0.1) is 11.8 Å². The van der Waals surface area contributed by atoms with E-state index >= 15 is 0 Å². The molecule has 0 saturated carbocycles. The Morgan fingerprint density at radius 2 is 1.72 bits per heavy atom. The van der Waals surface area contributed by atoms with Gasteiger partial charge in [0.15, 0.2) is 0 Å². The molecule has 0 radical (unpaired) electrons. The summed E-state index contributed by atoms with van der Waals surface area (Å²) in [4.78, 5) is 40.9. The highest BCUT2D eigenvalue weighted by molar-refractivity contribution is 6.07. The van der Waals surface area contributed by atoms with E-state index < -0.39 is 30.0 Å². The van der Waals surface area contributed by atoms with Gasteiger partial charge in [-0.1, -0.05) is 76.6 Å². The molecule has 2 aromatic carbocycles. The van der Waals surface area contributed by atoms with Gasteiger partial charge in [0.05, 0.1) is 0 Å². The monoisotopic (exact) mass is 396 g/mol. The van der Waals surface area contributed by atoms with E-state index in [4.69, 9.17) is 0 Å². The number of amides is 3. The van der Waals surface area contributed by atoms with Gasteiger partial charge in [-0.05, 0) is 28.2 Å². The maximum absolute atomic E-state index is 13.3. The first-order valence-corrected chi connectivity index (χ1v) is 10.1. The van der Waals surface area contributed by atoms with Crippen LogP contribution in [0.3, 0.4) is 0 Å². The molecular formula is C23H28N2O4. The zero-order valence-electron chi connectivity index (χ0n) is 17.3. The molecule has 1 saturated heterocycles. The van der Waals surface area contributed by atoms with Crippen molar-refractivity contribution in [1.29, 1.82) is 0 Å². The van der Waals surface area contributed by atoms with Crippen LogP contribution in [0.1, 0.15) is 39.7 Å². The molecule has 3 unspecified atom stereocenters. The van der Waals surface area contributed by atoms with Gasteiger partial charge in [0.1, 0.15) is 12.1 Å². The summed E-state index contributed by atoms with van der Waals surface area (Å²) in [6.07, 6.45) is 0.711. The molecule has 0 spiro atoms. The predicted molar refractivity (Wildman–Crippen MR) is 111 cm³/mol. The van der Waals surface area contributed by atoms with Gasteiger partial charge in [0.2, 0.25) is 0 Å². The minimum atomic E-state index is -1.17. The number of carboxylic acid groups (broad SMARTS) is 1. The van der Waals surface area contributed by atoms with Gasteiger partial charge in [-0.3, -0.25) is 4.79 Å². The van der Waals surface area contributed by atoms with Gasteiger partial charge in [-0.25, -0.2) is 14.5 Å². The summed E-state index contributed by atoms with van der Waals surface area (Å²) in [7, 11) is 0. The number of rotatable bonds is 7. The average Bonchev–Trinajstić information content (AvgIpc) is 2.92. The number of benzene rings is 2. The fraction of sp³-hybridized carbons (Fsp3) is 0.435. The largest absolute Gasteiger partial charge is 0.480 e. The number of aliphatic carboxylic acids is 1. The van der Waals surface area contributed by atoms with Crippen LogP contribution >= 0.6 is 0 Å². The second-order valence-corrected chi connectivity index (χ2v) is 8.11. The minimum absolute atomic E-state index is 0.0759. The molecule has 1 N–H and O–H groups in total. The van der Waals surface area contributed by atoms with Crippen LogP contribution in [0.15, 0.2) is 42.5 Å². The summed E-state index contributed by atoms with van der Waals surface area (Å²) in [5.74, 6) is -2.02. The number of carbonyl (C=O) groups excluding carboxylic acids is 2. The molecule has 2 aromatic rings. The van der Waals surface area contributed by atoms with Gasteiger partial charge in [-0.2, -0.15) is 0 Å². The SMILES string of the molecule is CCC(C)C1C(=O)N(C(C(=O)O)C(C)C)C(=O)N1Cc1cccc2ccccc12. The molecule has 0 bridgehead atoms. The molecule has 0 aromatic heterocycles. The molecule has 1 aliphatic heterocycles. The van der Waals surface area contributed by atoms with Crippen molar-refractivity contribution in [1.82, 2.24) is 9.80 Å². The highest BCUT2D eigenvalue weighted by atomic mass is 16.4. The summed E-state index contributed by atoms with van der Waals surface area (Å²) in [6, 6.07) is 11.5. The normalized spacial score (nSPS) is 19.3. The van der Waals surface area contributed by atoms with E-state index in [-0.39, 0.29) is 18.4 Å². The lowest BCUT2D eigenvalue weighted by molar-refractivity contribution is -0.148. The molecule has 3 atom stereocenters. The Kier molecular flexibility index (Phi) is 5.91. The summed E-state index contributed by atoms with van der Waals surface area (Å²) in [6.45, 7) is 7.59. The topological polar surface area (TPSA) is 77.9 Å². The van der Waals surface area contributed by atoms with E-state index in [0.29, 0.717) is 6.42 Å². The van der Waals surface area contributed by atoms with Crippen LogP contribution in [-0.4, -0.2) is 44.9 Å². The number of carboxylic acids is 1. The molecule has 3 amide bonds. The minimum Gasteiger partial charge on any atom is -0.480 e. The number of carbonyl (C=O) groups is 3. The Hall–Kier alpha value is -2.89.